The summed E-state index contributed by atoms with van der Waals surface area (Å²) in [4.78, 5) is 0. The van der Waals surface area contributed by atoms with Gasteiger partial charge in [0.1, 0.15) is 0 Å². The minimum atomic E-state index is 0. The van der Waals surface area contributed by atoms with E-state index in [4.69, 9.17) is 0 Å². The van der Waals surface area contributed by atoms with E-state index in [0.717, 1.165) is 0 Å². The van der Waals surface area contributed by atoms with Crippen molar-refractivity contribution in [1.29, 1.82) is 0 Å². The second kappa shape index (κ2) is 6.85. The monoisotopic (exact) mass is 212 g/mol. The molecule has 0 N–H and O–H groups in total. The fourth-order valence-electron chi connectivity index (χ4n) is 1.28. The Morgan fingerprint density at radius 1 is 0.800 bits per heavy atom. The maximum atomic E-state index is 4.02. The van der Waals surface area contributed by atoms with Crippen LogP contribution in [0.5, 0.6) is 0 Å². The van der Waals surface area contributed by atoms with Gasteiger partial charge >= 0.3 is 0 Å². The van der Waals surface area contributed by atoms with Crippen LogP contribution in [0.15, 0.2) is 0 Å². The molecule has 1 aliphatic rings. The number of hydrogen-bond donors (Lipinski definition) is 0. The summed E-state index contributed by atoms with van der Waals surface area (Å²) in [5, 5.41) is 0. The summed E-state index contributed by atoms with van der Waals surface area (Å²) < 4.78 is 0. The summed E-state index contributed by atoms with van der Waals surface area (Å²) in [7, 11) is 0. The van der Waals surface area contributed by atoms with E-state index in [1.54, 1.807) is 0 Å². The molecular weight excluding hydrogens is 198 g/mol. The molecule has 2 heteroatoms. The van der Waals surface area contributed by atoms with Crippen molar-refractivity contribution < 1.29 is 37.1 Å². The Kier molecular flexibility index (Phi) is 9.41. The molecule has 58 valence electrons. The molecule has 1 fully saturated rings. The Bertz CT molecular complexity index is 63.7. The zero-order valence-electron chi connectivity index (χ0n) is 6.29. The van der Waals surface area contributed by atoms with E-state index in [9.17, 15) is 0 Å². The van der Waals surface area contributed by atoms with Crippen LogP contribution in [0.4, 0.5) is 0 Å². The second-order valence-electron chi connectivity index (χ2n) is 2.80. The van der Waals surface area contributed by atoms with Crippen LogP contribution in [-0.4, -0.2) is 0 Å². The Hall–Kier alpha value is 1.17. The Morgan fingerprint density at radius 2 is 1.10 bits per heavy atom. The second-order valence-corrected chi connectivity index (χ2v) is 2.80. The third-order valence-electron chi connectivity index (χ3n) is 2.07. The van der Waals surface area contributed by atoms with Gasteiger partial charge in [-0.05, 0) is 0 Å². The first kappa shape index (κ1) is 13.7. The maximum absolute atomic E-state index is 4.02. The van der Waals surface area contributed by atoms with Gasteiger partial charge in [0.15, 0.2) is 0 Å². The molecule has 2 atom stereocenters. The molecule has 0 saturated heterocycles. The summed E-state index contributed by atoms with van der Waals surface area (Å²) in [6.07, 6.45) is 5.35. The van der Waals surface area contributed by atoms with Crippen molar-refractivity contribution >= 4 is 0 Å². The molecule has 2 unspecified atom stereocenters. The van der Waals surface area contributed by atoms with Gasteiger partial charge in [-0.3, -0.25) is 0 Å². The van der Waals surface area contributed by atoms with Gasteiger partial charge in [0.05, 0.1) is 0 Å². The van der Waals surface area contributed by atoms with Crippen molar-refractivity contribution in [1.82, 2.24) is 0 Å². The first-order valence-corrected chi connectivity index (χ1v) is 3.47. The minimum Gasteiger partial charge on any atom is -0.342 e. The molecule has 1 saturated carbocycles. The van der Waals surface area contributed by atoms with E-state index < -0.39 is 0 Å². The molecule has 0 spiro atoms. The first-order chi connectivity index (χ1) is 3.80. The Labute approximate surface area is 88.3 Å². The largest absolute Gasteiger partial charge is 0.342 e. The van der Waals surface area contributed by atoms with Crippen LogP contribution in [0, 0.1) is 25.7 Å². The molecule has 0 aromatic rings. The van der Waals surface area contributed by atoms with Crippen LogP contribution < -0.4 is 0 Å². The molecule has 0 bridgehead atoms. The molecule has 0 aliphatic heterocycles. The molecule has 1 rings (SSSR count). The molecule has 0 nitrogen and oxygen atoms in total. The van der Waals surface area contributed by atoms with E-state index in [0.29, 0.717) is 11.8 Å². The third kappa shape index (κ3) is 4.13. The minimum absolute atomic E-state index is 0. The smallest absolute Gasteiger partial charge is 0 e. The fraction of sp³-hybridized carbons (Fsp3) is 0.750. The molecular formula is C8H14V2-2. The average molecular weight is 212 g/mol. The fourth-order valence-corrected chi connectivity index (χ4v) is 1.28. The summed E-state index contributed by atoms with van der Waals surface area (Å²) in [6.45, 7) is 8.03. The van der Waals surface area contributed by atoms with Crippen LogP contribution in [0.3, 0.4) is 0 Å². The zero-order valence-corrected chi connectivity index (χ0v) is 9.09. The molecule has 1 aliphatic carbocycles. The Balaban J connectivity index is 0. The quantitative estimate of drug-likeness (QED) is 0.541. The Morgan fingerprint density at radius 3 is 1.30 bits per heavy atom. The summed E-state index contributed by atoms with van der Waals surface area (Å²) in [6, 6.07) is 0. The van der Waals surface area contributed by atoms with Gasteiger partial charge in [-0.25, -0.2) is 0 Å². The van der Waals surface area contributed by atoms with Crippen LogP contribution in [0.2, 0.25) is 0 Å². The van der Waals surface area contributed by atoms with Crippen molar-refractivity contribution in [3.8, 4) is 0 Å². The molecule has 2 radical (unpaired) electrons. The van der Waals surface area contributed by atoms with Gasteiger partial charge in [-0.2, -0.15) is 11.8 Å². The predicted molar refractivity (Wildman–Crippen MR) is 36.2 cm³/mol. The van der Waals surface area contributed by atoms with Crippen molar-refractivity contribution in [2.24, 2.45) is 11.8 Å². The van der Waals surface area contributed by atoms with Gasteiger partial charge < -0.3 is 13.8 Å². The number of hydrogen-bond acceptors (Lipinski definition) is 0. The van der Waals surface area contributed by atoms with E-state index in [1.807, 2.05) is 0 Å². The molecule has 0 aromatic carbocycles. The van der Waals surface area contributed by atoms with Gasteiger partial charge in [-0.15, -0.1) is 0 Å². The molecule has 0 heterocycles. The molecule has 10 heavy (non-hydrogen) atoms. The van der Waals surface area contributed by atoms with Gasteiger partial charge in [0, 0.05) is 37.1 Å². The zero-order chi connectivity index (χ0) is 5.98. The van der Waals surface area contributed by atoms with E-state index in [1.165, 1.54) is 25.7 Å². The van der Waals surface area contributed by atoms with Crippen molar-refractivity contribution in [2.75, 3.05) is 0 Å². The predicted octanol–water partition coefficient (Wildman–Crippen LogP) is 2.46. The molecule has 0 aromatic heterocycles. The van der Waals surface area contributed by atoms with Gasteiger partial charge in [0.2, 0.25) is 0 Å². The normalized spacial score (nSPS) is 31.8. The SMILES string of the molecule is [CH2-]C1CCCCC1[CH2-].[V].[V]. The van der Waals surface area contributed by atoms with E-state index in [-0.39, 0.29) is 37.1 Å². The maximum Gasteiger partial charge on any atom is 0 e. The van der Waals surface area contributed by atoms with Crippen LogP contribution in [0.25, 0.3) is 0 Å². The average Bonchev–Trinajstić information content (AvgIpc) is 1.77. The van der Waals surface area contributed by atoms with Crippen LogP contribution in [-0.2, 0) is 37.1 Å². The van der Waals surface area contributed by atoms with Crippen LogP contribution in [0.1, 0.15) is 25.7 Å². The van der Waals surface area contributed by atoms with Crippen molar-refractivity contribution in [3.63, 3.8) is 0 Å². The topological polar surface area (TPSA) is 0 Å². The van der Waals surface area contributed by atoms with E-state index in [2.05, 4.69) is 13.8 Å². The van der Waals surface area contributed by atoms with Gasteiger partial charge in [0.25, 0.3) is 0 Å². The van der Waals surface area contributed by atoms with Crippen LogP contribution >= 0.6 is 0 Å². The van der Waals surface area contributed by atoms with Crippen molar-refractivity contribution in [2.45, 2.75) is 25.7 Å². The van der Waals surface area contributed by atoms with Gasteiger partial charge in [-0.1, -0.05) is 25.7 Å². The summed E-state index contributed by atoms with van der Waals surface area (Å²) >= 11 is 0. The number of rotatable bonds is 0. The third-order valence-corrected chi connectivity index (χ3v) is 2.07. The standard InChI is InChI=1S/C8H14.2V/c1-7-5-3-4-6-8(7)2;;/h7-8H,1-6H2;;/q-2;;. The summed E-state index contributed by atoms with van der Waals surface area (Å²) in [5.74, 6) is 1.28. The first-order valence-electron chi connectivity index (χ1n) is 3.47. The van der Waals surface area contributed by atoms with E-state index >= 15 is 0 Å². The summed E-state index contributed by atoms with van der Waals surface area (Å²) in [5.41, 5.74) is 0. The van der Waals surface area contributed by atoms with Crippen molar-refractivity contribution in [3.05, 3.63) is 13.8 Å². The molecule has 0 amide bonds.